The zero-order valence-electron chi connectivity index (χ0n) is 21.7. The molecule has 3 aromatic rings. The number of nitriles is 1. The molecule has 39 heavy (non-hydrogen) atoms. The molecule has 0 aliphatic carbocycles. The normalized spacial score (nSPS) is 21.1. The topological polar surface area (TPSA) is 139 Å². The SMILES string of the molecule is COc1cnc(CN2C3CC2CN(c2cnc(-c4cc(C5=CCOCC5)cnc4C(C#N)=CN)cn2)C3)cn1. The molecule has 4 aliphatic heterocycles. The number of ether oxygens (including phenoxy) is 2. The highest BCUT2D eigenvalue weighted by Gasteiger charge is 2.45. The lowest BCUT2D eigenvalue weighted by atomic mass is 9.87. The number of anilines is 1. The first-order valence-corrected chi connectivity index (χ1v) is 12.9. The van der Waals surface area contributed by atoms with Gasteiger partial charge in [0.05, 0.1) is 67.8 Å². The highest BCUT2D eigenvalue weighted by atomic mass is 16.5. The number of aromatic nitrogens is 5. The van der Waals surface area contributed by atoms with Gasteiger partial charge >= 0.3 is 0 Å². The molecule has 11 heteroatoms. The van der Waals surface area contributed by atoms with E-state index in [1.165, 1.54) is 11.8 Å². The zero-order chi connectivity index (χ0) is 26.8. The minimum Gasteiger partial charge on any atom is -0.480 e. The third kappa shape index (κ3) is 4.92. The molecule has 2 unspecified atom stereocenters. The number of nitrogens with zero attached hydrogens (tertiary/aromatic N) is 8. The van der Waals surface area contributed by atoms with Gasteiger partial charge in [-0.1, -0.05) is 6.08 Å². The van der Waals surface area contributed by atoms with Crippen LogP contribution in [0, 0.1) is 11.3 Å². The minimum absolute atomic E-state index is 0.293. The van der Waals surface area contributed by atoms with Crippen LogP contribution in [-0.2, 0) is 11.3 Å². The monoisotopic (exact) mass is 523 g/mol. The maximum Gasteiger partial charge on any atom is 0.231 e. The van der Waals surface area contributed by atoms with Crippen molar-refractivity contribution in [2.45, 2.75) is 31.5 Å². The average Bonchev–Trinajstić information content (AvgIpc) is 3.01. The highest BCUT2D eigenvalue weighted by Crippen LogP contribution is 2.36. The molecule has 0 amide bonds. The van der Waals surface area contributed by atoms with Crippen molar-refractivity contribution in [3.8, 4) is 23.2 Å². The largest absolute Gasteiger partial charge is 0.480 e. The standard InChI is InChI=1S/C28H29N9O2/c1-38-27-14-31-21(11-34-27)15-37-22-7-23(37)17-36(16-22)26-13-32-25(12-33-26)24-6-19(18-2-4-39-5-3-18)10-35-28(24)20(8-29)9-30/h2,6,8,10-14,22-23H,3-5,7,15-17,29H2,1H3. The van der Waals surface area contributed by atoms with E-state index in [0.29, 0.717) is 48.1 Å². The number of hydrogen-bond donors (Lipinski definition) is 1. The quantitative estimate of drug-likeness (QED) is 0.457. The van der Waals surface area contributed by atoms with Gasteiger partial charge in [-0.2, -0.15) is 5.26 Å². The fourth-order valence-corrected chi connectivity index (χ4v) is 5.48. The van der Waals surface area contributed by atoms with E-state index in [4.69, 9.17) is 25.2 Å². The van der Waals surface area contributed by atoms with Gasteiger partial charge in [-0.15, -0.1) is 0 Å². The minimum atomic E-state index is 0.293. The Hall–Kier alpha value is -4.40. The Morgan fingerprint density at radius 1 is 1.13 bits per heavy atom. The summed E-state index contributed by atoms with van der Waals surface area (Å²) >= 11 is 0. The molecule has 2 N–H and O–H groups in total. The van der Waals surface area contributed by atoms with Gasteiger partial charge in [-0.05, 0) is 30.0 Å². The Kier molecular flexibility index (Phi) is 6.87. The number of methoxy groups -OCH3 is 1. The van der Waals surface area contributed by atoms with E-state index in [-0.39, 0.29) is 0 Å². The van der Waals surface area contributed by atoms with Crippen molar-refractivity contribution in [3.63, 3.8) is 0 Å². The number of allylic oxidation sites excluding steroid dienone is 1. The van der Waals surface area contributed by atoms with Crippen LogP contribution >= 0.6 is 0 Å². The smallest absolute Gasteiger partial charge is 0.231 e. The van der Waals surface area contributed by atoms with Gasteiger partial charge in [-0.25, -0.2) is 9.97 Å². The first-order chi connectivity index (χ1) is 19.2. The van der Waals surface area contributed by atoms with Crippen LogP contribution in [-0.4, -0.2) is 75.3 Å². The van der Waals surface area contributed by atoms with Gasteiger partial charge in [0, 0.05) is 49.7 Å². The van der Waals surface area contributed by atoms with Gasteiger partial charge in [0.25, 0.3) is 0 Å². The van der Waals surface area contributed by atoms with Crippen molar-refractivity contribution in [1.29, 1.82) is 5.26 Å². The van der Waals surface area contributed by atoms with E-state index < -0.39 is 0 Å². The van der Waals surface area contributed by atoms with Crippen molar-refractivity contribution in [2.24, 2.45) is 5.73 Å². The van der Waals surface area contributed by atoms with Crippen LogP contribution in [0.2, 0.25) is 0 Å². The molecular weight excluding hydrogens is 494 g/mol. The van der Waals surface area contributed by atoms with Crippen LogP contribution in [0.3, 0.4) is 0 Å². The number of pyridine rings is 1. The first kappa shape index (κ1) is 24.9. The number of piperazine rings is 1. The highest BCUT2D eigenvalue weighted by molar-refractivity contribution is 5.85. The van der Waals surface area contributed by atoms with Gasteiger partial charge < -0.3 is 20.1 Å². The average molecular weight is 524 g/mol. The summed E-state index contributed by atoms with van der Waals surface area (Å²) in [5.74, 6) is 1.36. The Morgan fingerprint density at radius 3 is 2.64 bits per heavy atom. The Bertz CT molecular complexity index is 1440. The van der Waals surface area contributed by atoms with Gasteiger partial charge in [0.15, 0.2) is 0 Å². The molecule has 3 aromatic heterocycles. The van der Waals surface area contributed by atoms with E-state index in [1.807, 2.05) is 12.3 Å². The predicted molar refractivity (Wildman–Crippen MR) is 145 cm³/mol. The molecule has 4 aliphatic rings. The summed E-state index contributed by atoms with van der Waals surface area (Å²) in [5, 5.41) is 9.62. The molecule has 3 fully saturated rings. The molecule has 7 heterocycles. The third-order valence-electron chi connectivity index (χ3n) is 7.58. The Labute approximate surface area is 226 Å². The van der Waals surface area contributed by atoms with Crippen molar-refractivity contribution < 1.29 is 9.47 Å². The van der Waals surface area contributed by atoms with Crippen LogP contribution in [0.5, 0.6) is 5.88 Å². The van der Waals surface area contributed by atoms with Gasteiger partial charge in [0.2, 0.25) is 5.88 Å². The Morgan fingerprint density at radius 2 is 2.00 bits per heavy atom. The maximum absolute atomic E-state index is 9.62. The summed E-state index contributed by atoms with van der Waals surface area (Å²) in [6, 6.07) is 5.02. The van der Waals surface area contributed by atoms with Gasteiger partial charge in [-0.3, -0.25) is 19.9 Å². The van der Waals surface area contributed by atoms with Crippen LogP contribution in [0.15, 0.2) is 49.3 Å². The second-order valence-electron chi connectivity index (χ2n) is 9.80. The van der Waals surface area contributed by atoms with Crippen LogP contribution in [0.4, 0.5) is 5.82 Å². The second kappa shape index (κ2) is 10.8. The molecule has 0 aromatic carbocycles. The van der Waals surface area contributed by atoms with Crippen molar-refractivity contribution in [1.82, 2.24) is 29.8 Å². The first-order valence-electron chi connectivity index (χ1n) is 12.9. The summed E-state index contributed by atoms with van der Waals surface area (Å²) < 4.78 is 10.6. The summed E-state index contributed by atoms with van der Waals surface area (Å²) in [7, 11) is 1.59. The molecule has 11 nitrogen and oxygen atoms in total. The molecule has 7 rings (SSSR count). The molecule has 0 spiro atoms. The Balaban J connectivity index is 1.20. The lowest BCUT2D eigenvalue weighted by molar-refractivity contribution is -0.00981. The summed E-state index contributed by atoms with van der Waals surface area (Å²) in [6.07, 6.45) is 14.1. The van der Waals surface area contributed by atoms with Crippen molar-refractivity contribution >= 4 is 17.0 Å². The number of nitrogens with two attached hydrogens (primary N) is 1. The van der Waals surface area contributed by atoms with Crippen molar-refractivity contribution in [2.75, 3.05) is 38.3 Å². The van der Waals surface area contributed by atoms with Gasteiger partial charge in [0.1, 0.15) is 11.9 Å². The van der Waals surface area contributed by atoms with Crippen LogP contribution in [0.25, 0.3) is 22.4 Å². The van der Waals surface area contributed by atoms with Crippen LogP contribution < -0.4 is 15.4 Å². The predicted octanol–water partition coefficient (Wildman–Crippen LogP) is 2.43. The number of piperidine rings is 1. The van der Waals surface area contributed by atoms with Crippen LogP contribution in [0.1, 0.15) is 29.8 Å². The molecule has 3 saturated heterocycles. The molecule has 2 bridgehead atoms. The maximum atomic E-state index is 9.62. The van der Waals surface area contributed by atoms with E-state index in [9.17, 15) is 5.26 Å². The summed E-state index contributed by atoms with van der Waals surface area (Å²) in [4.78, 5) is 27.6. The third-order valence-corrected chi connectivity index (χ3v) is 7.58. The molecular formula is C28H29N9O2. The molecule has 0 radical (unpaired) electrons. The number of hydrogen-bond acceptors (Lipinski definition) is 11. The van der Waals surface area contributed by atoms with E-state index in [1.54, 1.807) is 31.9 Å². The second-order valence-corrected chi connectivity index (χ2v) is 9.80. The zero-order valence-corrected chi connectivity index (χ0v) is 21.7. The van der Waals surface area contributed by atoms with E-state index in [2.05, 4.69) is 36.9 Å². The lowest BCUT2D eigenvalue weighted by Crippen LogP contribution is -2.68. The van der Waals surface area contributed by atoms with E-state index in [0.717, 1.165) is 55.1 Å². The lowest BCUT2D eigenvalue weighted by Gasteiger charge is -2.56. The summed E-state index contributed by atoms with van der Waals surface area (Å²) in [5.41, 5.74) is 11.0. The number of rotatable bonds is 7. The van der Waals surface area contributed by atoms with E-state index >= 15 is 0 Å². The molecule has 0 saturated carbocycles. The molecule has 2 atom stereocenters. The fraction of sp³-hybridized carbons (Fsp3) is 0.357. The fourth-order valence-electron chi connectivity index (χ4n) is 5.48. The van der Waals surface area contributed by atoms with Crippen molar-refractivity contribution in [3.05, 3.63) is 66.3 Å². The number of fused-ring (bicyclic) bond motifs is 2. The molecule has 198 valence electrons. The summed E-state index contributed by atoms with van der Waals surface area (Å²) in [6.45, 7) is 3.78.